The van der Waals surface area contributed by atoms with Crippen LogP contribution in [-0.2, 0) is 9.53 Å². The lowest BCUT2D eigenvalue weighted by molar-refractivity contribution is -0.268. The highest BCUT2D eigenvalue weighted by Crippen LogP contribution is 2.79. The van der Waals surface area contributed by atoms with Crippen LogP contribution < -0.4 is 5.73 Å². The van der Waals surface area contributed by atoms with Crippen LogP contribution in [0.3, 0.4) is 0 Å². The van der Waals surface area contributed by atoms with Gasteiger partial charge in [-0.2, -0.15) is 0 Å². The Morgan fingerprint density at radius 1 is 1.31 bits per heavy atom. The number of esters is 1. The molecule has 1 atom stereocenters. The number of rotatable bonds is 2. The standard InChI is InChI=1S/C12H21NO2.ClH/c1-10(2,3)12-5-11(6-12,7-12)8(13)9(14)15-4;/h8H,5-7,13H2,1-4H3;1H/t8-,11?,12?;/m0./s1. The molecule has 0 amide bonds. The van der Waals surface area contributed by atoms with Crippen LogP contribution in [-0.4, -0.2) is 19.1 Å². The number of nitrogens with two attached hydrogens (primary N) is 1. The van der Waals surface area contributed by atoms with Crippen molar-refractivity contribution in [3.8, 4) is 0 Å². The summed E-state index contributed by atoms with van der Waals surface area (Å²) in [6.45, 7) is 6.83. The van der Waals surface area contributed by atoms with E-state index in [-0.39, 0.29) is 23.8 Å². The molecule has 0 aromatic carbocycles. The lowest BCUT2D eigenvalue weighted by Gasteiger charge is -2.76. The van der Waals surface area contributed by atoms with Crippen molar-refractivity contribution < 1.29 is 9.53 Å². The van der Waals surface area contributed by atoms with Gasteiger partial charge in [0.2, 0.25) is 0 Å². The number of hydrogen-bond acceptors (Lipinski definition) is 3. The lowest BCUT2D eigenvalue weighted by Crippen LogP contribution is -2.73. The maximum absolute atomic E-state index is 11.4. The van der Waals surface area contributed by atoms with Gasteiger partial charge in [-0.3, -0.25) is 4.79 Å². The van der Waals surface area contributed by atoms with Gasteiger partial charge in [-0.1, -0.05) is 20.8 Å². The number of methoxy groups -OCH3 is 1. The van der Waals surface area contributed by atoms with Crippen molar-refractivity contribution in [2.24, 2.45) is 22.0 Å². The Hall–Kier alpha value is -0.280. The van der Waals surface area contributed by atoms with Gasteiger partial charge in [0.25, 0.3) is 0 Å². The number of ether oxygens (including phenoxy) is 1. The van der Waals surface area contributed by atoms with Crippen LogP contribution in [0, 0.1) is 16.2 Å². The SMILES string of the molecule is COC(=O)[C@H](N)C12CC(C(C)(C)C)(C1)C2.Cl. The molecule has 0 radical (unpaired) electrons. The van der Waals surface area contributed by atoms with Crippen molar-refractivity contribution in [3.63, 3.8) is 0 Å². The molecular formula is C12H22ClNO2. The second-order valence-electron chi connectivity index (χ2n) is 6.42. The number of hydrogen-bond donors (Lipinski definition) is 1. The largest absolute Gasteiger partial charge is 0.468 e. The van der Waals surface area contributed by atoms with E-state index >= 15 is 0 Å². The average Bonchev–Trinajstić information content (AvgIpc) is 1.94. The Kier molecular flexibility index (Phi) is 3.11. The smallest absolute Gasteiger partial charge is 0.323 e. The normalized spacial score (nSPS) is 37.6. The van der Waals surface area contributed by atoms with Crippen LogP contribution in [0.25, 0.3) is 0 Å². The second kappa shape index (κ2) is 3.61. The van der Waals surface area contributed by atoms with E-state index in [9.17, 15) is 4.79 Å². The minimum Gasteiger partial charge on any atom is -0.468 e. The molecule has 3 fully saturated rings. The van der Waals surface area contributed by atoms with Crippen LogP contribution in [0.5, 0.6) is 0 Å². The third-order valence-corrected chi connectivity index (χ3v) is 4.78. The minimum atomic E-state index is -0.410. The predicted octanol–water partition coefficient (Wildman–Crippen LogP) is 2.12. The summed E-state index contributed by atoms with van der Waals surface area (Å²) in [5.41, 5.74) is 6.78. The summed E-state index contributed by atoms with van der Waals surface area (Å²) in [6.07, 6.45) is 3.29. The second-order valence-corrected chi connectivity index (χ2v) is 6.42. The third-order valence-electron chi connectivity index (χ3n) is 4.78. The summed E-state index contributed by atoms with van der Waals surface area (Å²) in [4.78, 5) is 11.4. The number of carbonyl (C=O) groups excluding carboxylic acids is 1. The Labute approximate surface area is 104 Å². The molecule has 3 aliphatic rings. The molecular weight excluding hydrogens is 226 g/mol. The fourth-order valence-electron chi connectivity index (χ4n) is 3.37. The monoisotopic (exact) mass is 247 g/mol. The van der Waals surface area contributed by atoms with Gasteiger partial charge in [0.05, 0.1) is 7.11 Å². The fourth-order valence-corrected chi connectivity index (χ4v) is 3.37. The van der Waals surface area contributed by atoms with Crippen molar-refractivity contribution in [3.05, 3.63) is 0 Å². The van der Waals surface area contributed by atoms with Crippen molar-refractivity contribution in [1.29, 1.82) is 0 Å². The van der Waals surface area contributed by atoms with Crippen molar-refractivity contribution in [2.45, 2.75) is 46.1 Å². The summed E-state index contributed by atoms with van der Waals surface area (Å²) >= 11 is 0. The molecule has 3 saturated carbocycles. The molecule has 0 aliphatic heterocycles. The Morgan fingerprint density at radius 2 is 1.75 bits per heavy atom. The molecule has 0 saturated heterocycles. The summed E-state index contributed by atoms with van der Waals surface area (Å²) < 4.78 is 4.71. The molecule has 0 unspecified atom stereocenters. The molecule has 0 spiro atoms. The number of carbonyl (C=O) groups is 1. The molecule has 0 aromatic heterocycles. The molecule has 3 aliphatic carbocycles. The van der Waals surface area contributed by atoms with E-state index in [2.05, 4.69) is 20.8 Å². The molecule has 94 valence electrons. The Bertz CT molecular complexity index is 289. The zero-order valence-corrected chi connectivity index (χ0v) is 11.3. The van der Waals surface area contributed by atoms with Crippen LogP contribution in [0.4, 0.5) is 0 Å². The van der Waals surface area contributed by atoms with E-state index < -0.39 is 6.04 Å². The maximum atomic E-state index is 11.4. The van der Waals surface area contributed by atoms with E-state index in [0.717, 1.165) is 19.3 Å². The topological polar surface area (TPSA) is 52.3 Å². The molecule has 3 rings (SSSR count). The lowest BCUT2D eigenvalue weighted by atomic mass is 9.28. The first kappa shape index (κ1) is 13.8. The molecule has 4 heteroatoms. The molecule has 16 heavy (non-hydrogen) atoms. The van der Waals surface area contributed by atoms with E-state index in [0.29, 0.717) is 10.8 Å². The molecule has 3 nitrogen and oxygen atoms in total. The van der Waals surface area contributed by atoms with E-state index in [1.54, 1.807) is 0 Å². The highest BCUT2D eigenvalue weighted by atomic mass is 35.5. The van der Waals surface area contributed by atoms with Gasteiger partial charge in [0, 0.05) is 0 Å². The number of halogens is 1. The summed E-state index contributed by atoms with van der Waals surface area (Å²) in [5, 5.41) is 0. The van der Waals surface area contributed by atoms with Gasteiger partial charge < -0.3 is 10.5 Å². The van der Waals surface area contributed by atoms with Gasteiger partial charge >= 0.3 is 5.97 Å². The molecule has 0 heterocycles. The van der Waals surface area contributed by atoms with Gasteiger partial charge in [0.15, 0.2) is 0 Å². The van der Waals surface area contributed by atoms with Crippen LogP contribution in [0.2, 0.25) is 0 Å². The Balaban J connectivity index is 0.00000128. The van der Waals surface area contributed by atoms with Crippen molar-refractivity contribution in [1.82, 2.24) is 0 Å². The van der Waals surface area contributed by atoms with Gasteiger partial charge in [0.1, 0.15) is 6.04 Å². The minimum absolute atomic E-state index is 0. The van der Waals surface area contributed by atoms with Crippen LogP contribution in [0.1, 0.15) is 40.0 Å². The van der Waals surface area contributed by atoms with Gasteiger partial charge in [-0.05, 0) is 35.5 Å². The fraction of sp³-hybridized carbons (Fsp3) is 0.917. The third kappa shape index (κ3) is 1.48. The zero-order valence-electron chi connectivity index (χ0n) is 10.5. The zero-order chi connectivity index (χ0) is 11.5. The average molecular weight is 248 g/mol. The highest BCUT2D eigenvalue weighted by Gasteiger charge is 2.74. The molecule has 2 bridgehead atoms. The summed E-state index contributed by atoms with van der Waals surface area (Å²) in [5.74, 6) is -0.253. The van der Waals surface area contributed by atoms with Crippen LogP contribution >= 0.6 is 12.4 Å². The summed E-state index contributed by atoms with van der Waals surface area (Å²) in [6, 6.07) is -0.410. The van der Waals surface area contributed by atoms with Crippen molar-refractivity contribution >= 4 is 18.4 Å². The quantitative estimate of drug-likeness (QED) is 0.761. The van der Waals surface area contributed by atoms with E-state index in [4.69, 9.17) is 10.5 Å². The first-order valence-electron chi connectivity index (χ1n) is 5.60. The van der Waals surface area contributed by atoms with Crippen LogP contribution in [0.15, 0.2) is 0 Å². The van der Waals surface area contributed by atoms with E-state index in [1.165, 1.54) is 7.11 Å². The highest BCUT2D eigenvalue weighted by molar-refractivity contribution is 5.85. The molecule has 2 N–H and O–H groups in total. The van der Waals surface area contributed by atoms with Gasteiger partial charge in [-0.25, -0.2) is 0 Å². The van der Waals surface area contributed by atoms with Crippen molar-refractivity contribution in [2.75, 3.05) is 7.11 Å². The predicted molar refractivity (Wildman–Crippen MR) is 65.4 cm³/mol. The first-order valence-corrected chi connectivity index (χ1v) is 5.60. The summed E-state index contributed by atoms with van der Waals surface area (Å²) in [7, 11) is 1.41. The van der Waals surface area contributed by atoms with Gasteiger partial charge in [-0.15, -0.1) is 12.4 Å². The Morgan fingerprint density at radius 3 is 2.06 bits per heavy atom. The molecule has 0 aromatic rings. The first-order chi connectivity index (χ1) is 6.76. The maximum Gasteiger partial charge on any atom is 0.323 e. The van der Waals surface area contributed by atoms with E-state index in [1.807, 2.05) is 0 Å².